The Balaban J connectivity index is 1.92. The van der Waals surface area contributed by atoms with Crippen LogP contribution in [0.25, 0.3) is 0 Å². The van der Waals surface area contributed by atoms with Gasteiger partial charge in [0.05, 0.1) is 0 Å². The molecule has 2 rings (SSSR count). The summed E-state index contributed by atoms with van der Waals surface area (Å²) in [5, 5.41) is 6.94. The Morgan fingerprint density at radius 2 is 2.29 bits per heavy atom. The average molecular weight is 255 g/mol. The van der Waals surface area contributed by atoms with Gasteiger partial charge < -0.3 is 15.6 Å². The number of aryl methyl sites for hydroxylation is 1. The van der Waals surface area contributed by atoms with Crippen LogP contribution in [0.2, 0.25) is 5.15 Å². The molecule has 0 fully saturated rings. The van der Waals surface area contributed by atoms with Gasteiger partial charge in [-0.3, -0.25) is 0 Å². The lowest BCUT2D eigenvalue weighted by molar-refractivity contribution is 0.377. The monoisotopic (exact) mass is 254 g/mol. The third-order valence-electron chi connectivity index (χ3n) is 2.04. The summed E-state index contributed by atoms with van der Waals surface area (Å²) in [7, 11) is 0. The van der Waals surface area contributed by atoms with Crippen molar-refractivity contribution >= 4 is 23.1 Å². The maximum absolute atomic E-state index is 5.76. The first kappa shape index (κ1) is 11.6. The molecular weight excluding hydrogens is 244 g/mol. The van der Waals surface area contributed by atoms with Crippen LogP contribution in [0.5, 0.6) is 0 Å². The smallest absolute Gasteiger partial charge is 0.228 e. The fourth-order valence-electron chi connectivity index (χ4n) is 1.24. The van der Waals surface area contributed by atoms with E-state index < -0.39 is 0 Å². The van der Waals surface area contributed by atoms with Crippen LogP contribution >= 0.6 is 11.6 Å². The van der Waals surface area contributed by atoms with Crippen LogP contribution in [0.1, 0.15) is 11.7 Å². The van der Waals surface area contributed by atoms with E-state index in [2.05, 4.69) is 25.4 Å². The molecule has 0 radical (unpaired) electrons. The van der Waals surface area contributed by atoms with Crippen LogP contribution in [-0.2, 0) is 6.42 Å². The van der Waals surface area contributed by atoms with Gasteiger partial charge in [-0.15, -0.1) is 0 Å². The van der Waals surface area contributed by atoms with Crippen LogP contribution in [-0.4, -0.2) is 26.7 Å². The van der Waals surface area contributed by atoms with Gasteiger partial charge in [-0.25, -0.2) is 9.97 Å². The third-order valence-corrected chi connectivity index (χ3v) is 2.34. The van der Waals surface area contributed by atoms with Gasteiger partial charge in [-0.2, -0.15) is 4.98 Å². The number of nitrogens with two attached hydrogens (primary N) is 1. The highest BCUT2D eigenvalue weighted by Crippen LogP contribution is 2.21. The summed E-state index contributed by atoms with van der Waals surface area (Å²) < 4.78 is 4.97. The minimum absolute atomic E-state index is 0.233. The molecule has 0 saturated carbocycles. The van der Waals surface area contributed by atoms with E-state index in [4.69, 9.17) is 21.9 Å². The SMILES string of the molecule is Cc1noc(CCNc2ncnc(Cl)c2N)n1. The lowest BCUT2D eigenvalue weighted by Gasteiger charge is -2.06. The van der Waals surface area contributed by atoms with Crippen molar-refractivity contribution in [1.29, 1.82) is 0 Å². The molecule has 17 heavy (non-hydrogen) atoms. The second-order valence-corrected chi connectivity index (χ2v) is 3.70. The predicted molar refractivity (Wildman–Crippen MR) is 62.7 cm³/mol. The van der Waals surface area contributed by atoms with E-state index in [9.17, 15) is 0 Å². The first-order valence-corrected chi connectivity index (χ1v) is 5.33. The molecule has 0 aromatic carbocycles. The number of hydrogen-bond donors (Lipinski definition) is 2. The molecule has 0 aliphatic carbocycles. The predicted octanol–water partition coefficient (Wildman–Crippen LogP) is 1.06. The summed E-state index contributed by atoms with van der Waals surface area (Å²) in [5.41, 5.74) is 6.02. The lowest BCUT2D eigenvalue weighted by atomic mass is 10.4. The molecule has 7 nitrogen and oxygen atoms in total. The van der Waals surface area contributed by atoms with E-state index in [1.165, 1.54) is 6.33 Å². The number of rotatable bonds is 4. The van der Waals surface area contributed by atoms with Crippen LogP contribution in [0.4, 0.5) is 11.5 Å². The van der Waals surface area contributed by atoms with E-state index >= 15 is 0 Å². The molecule has 2 heterocycles. The average Bonchev–Trinajstić information content (AvgIpc) is 2.70. The molecule has 0 saturated heterocycles. The first-order chi connectivity index (χ1) is 8.16. The molecule has 2 aromatic rings. The largest absolute Gasteiger partial charge is 0.393 e. The van der Waals surface area contributed by atoms with Crippen LogP contribution < -0.4 is 11.1 Å². The summed E-state index contributed by atoms with van der Waals surface area (Å²) >= 11 is 5.76. The van der Waals surface area contributed by atoms with E-state index in [-0.39, 0.29) is 5.15 Å². The Hall–Kier alpha value is -1.89. The highest BCUT2D eigenvalue weighted by molar-refractivity contribution is 6.32. The summed E-state index contributed by atoms with van der Waals surface area (Å²) in [5.74, 6) is 1.68. The Morgan fingerprint density at radius 1 is 1.47 bits per heavy atom. The van der Waals surface area contributed by atoms with Crippen molar-refractivity contribution in [3.05, 3.63) is 23.2 Å². The Labute approximate surface area is 102 Å². The number of anilines is 2. The standard InChI is InChI=1S/C9H11ClN6O/c1-5-15-6(17-16-5)2-3-12-9-7(11)8(10)13-4-14-9/h4H,2-3,11H2,1H3,(H,12,13,14). The van der Waals surface area contributed by atoms with Crippen molar-refractivity contribution in [3.63, 3.8) is 0 Å². The minimum Gasteiger partial charge on any atom is -0.393 e. The minimum atomic E-state index is 0.233. The molecule has 0 spiro atoms. The number of nitrogen functional groups attached to an aromatic ring is 1. The molecule has 0 aliphatic heterocycles. The number of nitrogens with zero attached hydrogens (tertiary/aromatic N) is 4. The van der Waals surface area contributed by atoms with Gasteiger partial charge in [0, 0.05) is 13.0 Å². The topological polar surface area (TPSA) is 103 Å². The second-order valence-electron chi connectivity index (χ2n) is 3.34. The highest BCUT2D eigenvalue weighted by Gasteiger charge is 2.06. The van der Waals surface area contributed by atoms with E-state index in [0.717, 1.165) is 0 Å². The quantitative estimate of drug-likeness (QED) is 0.786. The van der Waals surface area contributed by atoms with Crippen LogP contribution in [0.15, 0.2) is 10.9 Å². The van der Waals surface area contributed by atoms with Crippen molar-refractivity contribution < 1.29 is 4.52 Å². The van der Waals surface area contributed by atoms with Gasteiger partial charge in [0.15, 0.2) is 16.8 Å². The van der Waals surface area contributed by atoms with Gasteiger partial charge in [0.1, 0.15) is 12.0 Å². The number of aromatic nitrogens is 4. The van der Waals surface area contributed by atoms with E-state index in [0.29, 0.717) is 36.2 Å². The summed E-state index contributed by atoms with van der Waals surface area (Å²) in [6.07, 6.45) is 1.93. The lowest BCUT2D eigenvalue weighted by Crippen LogP contribution is -2.09. The molecule has 2 aromatic heterocycles. The summed E-state index contributed by atoms with van der Waals surface area (Å²) in [4.78, 5) is 11.8. The zero-order valence-electron chi connectivity index (χ0n) is 9.14. The molecule has 90 valence electrons. The van der Waals surface area contributed by atoms with E-state index in [1.807, 2.05) is 0 Å². The summed E-state index contributed by atoms with van der Waals surface area (Å²) in [6, 6.07) is 0. The molecule has 3 N–H and O–H groups in total. The van der Waals surface area contributed by atoms with E-state index in [1.54, 1.807) is 6.92 Å². The number of nitrogens with one attached hydrogen (secondary N) is 1. The second kappa shape index (κ2) is 4.96. The molecule has 0 aliphatic rings. The summed E-state index contributed by atoms with van der Waals surface area (Å²) in [6.45, 7) is 2.34. The maximum Gasteiger partial charge on any atom is 0.228 e. The number of hydrogen-bond acceptors (Lipinski definition) is 7. The van der Waals surface area contributed by atoms with Gasteiger partial charge >= 0.3 is 0 Å². The Bertz CT molecular complexity index is 514. The molecular formula is C9H11ClN6O. The maximum atomic E-state index is 5.76. The van der Waals surface area contributed by atoms with Crippen molar-refractivity contribution in [1.82, 2.24) is 20.1 Å². The zero-order chi connectivity index (χ0) is 12.3. The fraction of sp³-hybridized carbons (Fsp3) is 0.333. The Morgan fingerprint density at radius 3 is 3.00 bits per heavy atom. The molecule has 0 atom stereocenters. The van der Waals surface area contributed by atoms with Crippen molar-refractivity contribution in [2.75, 3.05) is 17.6 Å². The van der Waals surface area contributed by atoms with Crippen molar-refractivity contribution in [2.24, 2.45) is 0 Å². The fourth-order valence-corrected chi connectivity index (χ4v) is 1.38. The molecule has 0 unspecified atom stereocenters. The van der Waals surface area contributed by atoms with Gasteiger partial charge in [-0.05, 0) is 6.92 Å². The van der Waals surface area contributed by atoms with Crippen LogP contribution in [0, 0.1) is 6.92 Å². The first-order valence-electron chi connectivity index (χ1n) is 4.96. The molecule has 0 bridgehead atoms. The normalized spacial score (nSPS) is 10.5. The van der Waals surface area contributed by atoms with Crippen molar-refractivity contribution in [2.45, 2.75) is 13.3 Å². The van der Waals surface area contributed by atoms with Crippen molar-refractivity contribution in [3.8, 4) is 0 Å². The molecule has 8 heteroatoms. The van der Waals surface area contributed by atoms with Crippen LogP contribution in [0.3, 0.4) is 0 Å². The molecule has 0 amide bonds. The highest BCUT2D eigenvalue weighted by atomic mass is 35.5. The van der Waals surface area contributed by atoms with Gasteiger partial charge in [0.2, 0.25) is 5.89 Å². The number of halogens is 1. The van der Waals surface area contributed by atoms with Gasteiger partial charge in [0.25, 0.3) is 0 Å². The third kappa shape index (κ3) is 2.82. The Kier molecular flexibility index (Phi) is 3.38. The van der Waals surface area contributed by atoms with Gasteiger partial charge in [-0.1, -0.05) is 16.8 Å². The zero-order valence-corrected chi connectivity index (χ0v) is 9.90.